The molecule has 0 aromatic heterocycles. The number of amides is 2. The second kappa shape index (κ2) is 8.61. The van der Waals surface area contributed by atoms with E-state index in [9.17, 15) is 14.4 Å². The second-order valence-corrected chi connectivity index (χ2v) is 9.63. The maximum atomic E-state index is 13.8. The molecule has 2 aliphatic carbocycles. The van der Waals surface area contributed by atoms with E-state index < -0.39 is 17.8 Å². The highest BCUT2D eigenvalue weighted by Crippen LogP contribution is 2.58. The molecule has 0 N–H and O–H groups in total. The van der Waals surface area contributed by atoms with Gasteiger partial charge in [-0.3, -0.25) is 9.59 Å². The zero-order valence-electron chi connectivity index (χ0n) is 19.4. The molecule has 0 spiro atoms. The summed E-state index contributed by atoms with van der Waals surface area (Å²) < 4.78 is 4.80. The van der Waals surface area contributed by atoms with Gasteiger partial charge < -0.3 is 4.74 Å². The second-order valence-electron chi connectivity index (χ2n) is 9.22. The molecular formula is C30H22ClNO4. The molecule has 3 aliphatic rings. The minimum atomic E-state index is -0.622. The fourth-order valence-corrected chi connectivity index (χ4v) is 6.17. The lowest BCUT2D eigenvalue weighted by Crippen LogP contribution is -2.33. The van der Waals surface area contributed by atoms with Crippen LogP contribution in [-0.4, -0.2) is 24.9 Å². The number of ether oxygens (including phenoxy) is 1. The molecule has 3 aromatic rings. The summed E-state index contributed by atoms with van der Waals surface area (Å²) in [4.78, 5) is 40.9. The zero-order valence-corrected chi connectivity index (χ0v) is 20.2. The molecule has 1 saturated heterocycles. The van der Waals surface area contributed by atoms with Crippen molar-refractivity contribution < 1.29 is 19.1 Å². The molecular weight excluding hydrogens is 474 g/mol. The number of carbonyl (C=O) groups is 3. The first-order valence-corrected chi connectivity index (χ1v) is 12.2. The number of imide groups is 1. The van der Waals surface area contributed by atoms with Crippen molar-refractivity contribution >= 4 is 40.6 Å². The number of halogens is 1. The fraction of sp³-hybridized carbons (Fsp3) is 0.167. The summed E-state index contributed by atoms with van der Waals surface area (Å²) in [5.41, 5.74) is 4.78. The summed E-state index contributed by atoms with van der Waals surface area (Å²) in [6.45, 7) is 0. The van der Waals surface area contributed by atoms with Gasteiger partial charge in [0.25, 0.3) is 0 Å². The number of methoxy groups -OCH3 is 1. The molecule has 6 heteroatoms. The molecule has 36 heavy (non-hydrogen) atoms. The van der Waals surface area contributed by atoms with Gasteiger partial charge in [-0.1, -0.05) is 84.4 Å². The highest BCUT2D eigenvalue weighted by Gasteiger charge is 2.62. The van der Waals surface area contributed by atoms with Crippen LogP contribution in [-0.2, 0) is 14.3 Å². The number of allylic oxidation sites excluding steroid dienone is 3. The van der Waals surface area contributed by atoms with Crippen LogP contribution in [0.5, 0.6) is 0 Å². The summed E-state index contributed by atoms with van der Waals surface area (Å²) >= 11 is 6.17. The van der Waals surface area contributed by atoms with Crippen molar-refractivity contribution in [1.29, 1.82) is 0 Å². The van der Waals surface area contributed by atoms with E-state index in [0.717, 1.165) is 22.3 Å². The predicted octanol–water partition coefficient (Wildman–Crippen LogP) is 5.55. The minimum absolute atomic E-state index is 0.117. The Labute approximate surface area is 213 Å². The van der Waals surface area contributed by atoms with Gasteiger partial charge in [0, 0.05) is 11.8 Å². The number of fused-ring (bicyclic) bond motifs is 5. The van der Waals surface area contributed by atoms with Crippen molar-refractivity contribution in [3.8, 4) is 0 Å². The van der Waals surface area contributed by atoms with Crippen LogP contribution in [0.15, 0.2) is 96.6 Å². The van der Waals surface area contributed by atoms with Crippen molar-refractivity contribution in [3.63, 3.8) is 0 Å². The third-order valence-electron chi connectivity index (χ3n) is 7.44. The first-order valence-electron chi connectivity index (χ1n) is 11.8. The maximum absolute atomic E-state index is 13.8. The molecule has 5 nitrogen and oxygen atoms in total. The molecule has 1 saturated carbocycles. The summed E-state index contributed by atoms with van der Waals surface area (Å²) in [6.07, 6.45) is 4.15. The van der Waals surface area contributed by atoms with Crippen molar-refractivity contribution in [3.05, 3.63) is 118 Å². The van der Waals surface area contributed by atoms with Crippen molar-refractivity contribution in [2.75, 3.05) is 12.0 Å². The molecule has 4 unspecified atom stereocenters. The van der Waals surface area contributed by atoms with Crippen LogP contribution in [0.25, 0.3) is 5.57 Å². The van der Waals surface area contributed by atoms with Gasteiger partial charge >= 0.3 is 5.97 Å². The Bertz CT molecular complexity index is 1390. The Hall–Kier alpha value is -3.96. The molecule has 2 amide bonds. The molecule has 0 radical (unpaired) electrons. The quantitative estimate of drug-likeness (QED) is 0.270. The van der Waals surface area contributed by atoms with Crippen LogP contribution >= 0.6 is 11.6 Å². The Kier molecular flexibility index (Phi) is 5.38. The first kappa shape index (κ1) is 22.5. The number of hydrogen-bond acceptors (Lipinski definition) is 4. The Morgan fingerprint density at radius 3 is 1.83 bits per heavy atom. The molecule has 2 fully saturated rings. The van der Waals surface area contributed by atoms with Gasteiger partial charge in [0.2, 0.25) is 11.8 Å². The van der Waals surface area contributed by atoms with Crippen molar-refractivity contribution in [2.45, 2.75) is 0 Å². The van der Waals surface area contributed by atoms with Gasteiger partial charge in [-0.15, -0.1) is 0 Å². The molecule has 178 valence electrons. The lowest BCUT2D eigenvalue weighted by Gasteiger charge is -2.22. The average Bonchev–Trinajstić information content (AvgIpc) is 3.54. The largest absolute Gasteiger partial charge is 0.465 e. The lowest BCUT2D eigenvalue weighted by molar-refractivity contribution is -0.122. The van der Waals surface area contributed by atoms with Gasteiger partial charge in [0.1, 0.15) is 0 Å². The van der Waals surface area contributed by atoms with E-state index in [-0.39, 0.29) is 34.2 Å². The molecule has 3 aromatic carbocycles. The van der Waals surface area contributed by atoms with Crippen molar-refractivity contribution in [1.82, 2.24) is 0 Å². The van der Waals surface area contributed by atoms with Crippen LogP contribution in [0.3, 0.4) is 0 Å². The fourth-order valence-electron chi connectivity index (χ4n) is 5.98. The predicted molar refractivity (Wildman–Crippen MR) is 137 cm³/mol. The third-order valence-corrected chi connectivity index (χ3v) is 7.77. The Morgan fingerprint density at radius 2 is 1.33 bits per heavy atom. The molecule has 1 aliphatic heterocycles. The number of esters is 1. The van der Waals surface area contributed by atoms with Crippen LogP contribution in [0.1, 0.15) is 21.5 Å². The summed E-state index contributed by atoms with van der Waals surface area (Å²) in [7, 11) is 1.26. The monoisotopic (exact) mass is 495 g/mol. The molecule has 6 rings (SSSR count). The lowest BCUT2D eigenvalue weighted by atomic mass is 9.85. The van der Waals surface area contributed by atoms with Gasteiger partial charge in [-0.05, 0) is 40.5 Å². The molecule has 2 bridgehead atoms. The topological polar surface area (TPSA) is 63.7 Å². The number of rotatable bonds is 4. The maximum Gasteiger partial charge on any atom is 0.339 e. The van der Waals surface area contributed by atoms with E-state index >= 15 is 0 Å². The summed E-state index contributed by atoms with van der Waals surface area (Å²) in [5.74, 6) is -2.45. The minimum Gasteiger partial charge on any atom is -0.465 e. The third kappa shape index (κ3) is 3.27. The van der Waals surface area contributed by atoms with E-state index in [2.05, 4.69) is 36.4 Å². The van der Waals surface area contributed by atoms with Gasteiger partial charge in [0.05, 0.1) is 35.2 Å². The summed E-state index contributed by atoms with van der Waals surface area (Å²) in [5, 5.41) is 0.201. The van der Waals surface area contributed by atoms with Crippen LogP contribution in [0, 0.1) is 23.7 Å². The smallest absolute Gasteiger partial charge is 0.339 e. The van der Waals surface area contributed by atoms with E-state index in [0.29, 0.717) is 5.69 Å². The molecule has 4 atom stereocenters. The van der Waals surface area contributed by atoms with Gasteiger partial charge in [-0.2, -0.15) is 0 Å². The van der Waals surface area contributed by atoms with Crippen LogP contribution in [0.4, 0.5) is 5.69 Å². The first-order chi connectivity index (χ1) is 17.5. The van der Waals surface area contributed by atoms with Crippen LogP contribution < -0.4 is 4.90 Å². The van der Waals surface area contributed by atoms with Crippen LogP contribution in [0.2, 0.25) is 5.02 Å². The SMILES string of the molecule is COC(=O)c1cc(N2C(=O)C3C4C=CC(C4=C(c4ccccc4)c4ccccc4)C3C2=O)ccc1Cl. The van der Waals surface area contributed by atoms with Gasteiger partial charge in [-0.25, -0.2) is 9.69 Å². The number of benzene rings is 3. The average molecular weight is 496 g/mol. The number of hydrogen-bond donors (Lipinski definition) is 0. The van der Waals surface area contributed by atoms with E-state index in [4.69, 9.17) is 16.3 Å². The Morgan fingerprint density at radius 1 is 0.806 bits per heavy atom. The van der Waals surface area contributed by atoms with E-state index in [1.807, 2.05) is 36.4 Å². The van der Waals surface area contributed by atoms with E-state index in [1.165, 1.54) is 24.1 Å². The highest BCUT2D eigenvalue weighted by atomic mass is 35.5. The zero-order chi connectivity index (χ0) is 25.0. The van der Waals surface area contributed by atoms with Gasteiger partial charge in [0.15, 0.2) is 0 Å². The standard InChI is InChI=1S/C30H22ClNO4/c1-36-30(35)22-16-19(12-15-23(22)31)32-28(33)26-20-13-14-21(27(26)29(32)34)25(20)24(17-8-4-2-5-9-17)18-10-6-3-7-11-18/h2-16,20-21,26-27H,1H3. The normalized spacial score (nSPS) is 23.8. The van der Waals surface area contributed by atoms with Crippen molar-refractivity contribution in [2.24, 2.45) is 23.7 Å². The summed E-state index contributed by atoms with van der Waals surface area (Å²) in [6, 6.07) is 24.8. The highest BCUT2D eigenvalue weighted by molar-refractivity contribution is 6.34. The Balaban J connectivity index is 1.45. The number of anilines is 1. The molecule has 1 heterocycles. The number of carbonyl (C=O) groups excluding carboxylic acids is 3. The number of nitrogens with zero attached hydrogens (tertiary/aromatic N) is 1. The van der Waals surface area contributed by atoms with E-state index in [1.54, 1.807) is 6.07 Å².